The molecular weight excluding hydrogens is 491 g/mol. The fourth-order valence-electron chi connectivity index (χ4n) is 5.32. The molecule has 2 aliphatic rings. The standard InChI is InChI=1S/C26H36F3N3OS2/c1-18-24(34-30)16-21(31(18)17-19-9-5-4-6-10-19)20-11-12-23(22(15-20)33-26(27,28)29)35-32-14-8-7-13-25(32,2)3/h11-12,15-16,19H,4-10,13-14,17,30H2,1-3H3. The molecule has 1 saturated heterocycles. The molecule has 0 bridgehead atoms. The molecule has 0 spiro atoms. The lowest BCUT2D eigenvalue weighted by molar-refractivity contribution is -0.275. The molecule has 1 saturated carbocycles. The smallest absolute Gasteiger partial charge is 0.405 e. The summed E-state index contributed by atoms with van der Waals surface area (Å²) >= 11 is 2.55. The number of nitrogens with zero attached hydrogens (tertiary/aromatic N) is 2. The van der Waals surface area contributed by atoms with Gasteiger partial charge >= 0.3 is 6.36 Å². The van der Waals surface area contributed by atoms with Gasteiger partial charge < -0.3 is 9.30 Å². The first-order valence-corrected chi connectivity index (χ1v) is 14.2. The second kappa shape index (κ2) is 11.0. The van der Waals surface area contributed by atoms with E-state index in [2.05, 4.69) is 27.5 Å². The molecule has 1 aromatic carbocycles. The van der Waals surface area contributed by atoms with Crippen LogP contribution in [-0.2, 0) is 6.54 Å². The topological polar surface area (TPSA) is 43.4 Å². The van der Waals surface area contributed by atoms with Gasteiger partial charge in [-0.1, -0.05) is 31.7 Å². The Labute approximate surface area is 215 Å². The maximum Gasteiger partial charge on any atom is 0.573 e. The number of nitrogens with two attached hydrogens (primary N) is 1. The average molecular weight is 528 g/mol. The summed E-state index contributed by atoms with van der Waals surface area (Å²) in [6.45, 7) is 8.02. The minimum absolute atomic E-state index is 0.0872. The molecule has 35 heavy (non-hydrogen) atoms. The summed E-state index contributed by atoms with van der Waals surface area (Å²) in [7, 11) is 0. The summed E-state index contributed by atoms with van der Waals surface area (Å²) in [5.74, 6) is 0.428. The number of aromatic nitrogens is 1. The molecule has 1 aromatic heterocycles. The Balaban J connectivity index is 1.70. The van der Waals surface area contributed by atoms with Crippen molar-refractivity contribution in [1.82, 2.24) is 8.87 Å². The quantitative estimate of drug-likeness (QED) is 0.368. The summed E-state index contributed by atoms with van der Waals surface area (Å²) in [4.78, 5) is 1.43. The van der Waals surface area contributed by atoms with Gasteiger partial charge in [0.05, 0.1) is 4.90 Å². The van der Waals surface area contributed by atoms with Gasteiger partial charge in [0, 0.05) is 40.5 Å². The van der Waals surface area contributed by atoms with Gasteiger partial charge in [-0.15, -0.1) is 13.2 Å². The van der Waals surface area contributed by atoms with Crippen LogP contribution >= 0.6 is 23.9 Å². The summed E-state index contributed by atoms with van der Waals surface area (Å²) in [6, 6.07) is 7.23. The van der Waals surface area contributed by atoms with Crippen molar-refractivity contribution >= 4 is 23.9 Å². The van der Waals surface area contributed by atoms with Crippen LogP contribution in [0.5, 0.6) is 5.75 Å². The normalized spacial score (nSPS) is 19.7. The predicted octanol–water partition coefficient (Wildman–Crippen LogP) is 8.18. The van der Waals surface area contributed by atoms with E-state index in [0.717, 1.165) is 48.6 Å². The Morgan fingerprint density at radius 2 is 1.80 bits per heavy atom. The Hall–Kier alpha value is -1.29. The fourth-order valence-corrected chi connectivity index (χ4v) is 6.89. The molecule has 9 heteroatoms. The van der Waals surface area contributed by atoms with Crippen LogP contribution in [0.25, 0.3) is 11.3 Å². The van der Waals surface area contributed by atoms with Gasteiger partial charge in [0.2, 0.25) is 0 Å². The number of rotatable bonds is 7. The third-order valence-electron chi connectivity index (χ3n) is 7.36. The van der Waals surface area contributed by atoms with Crippen molar-refractivity contribution in [3.8, 4) is 17.0 Å². The van der Waals surface area contributed by atoms with Gasteiger partial charge in [-0.2, -0.15) is 0 Å². The maximum absolute atomic E-state index is 13.4. The van der Waals surface area contributed by atoms with E-state index in [0.29, 0.717) is 16.4 Å². The van der Waals surface area contributed by atoms with Crippen molar-refractivity contribution in [3.63, 3.8) is 0 Å². The average Bonchev–Trinajstić information content (AvgIpc) is 3.11. The van der Waals surface area contributed by atoms with E-state index in [1.807, 2.05) is 19.1 Å². The third-order valence-corrected chi connectivity index (χ3v) is 9.46. The summed E-state index contributed by atoms with van der Waals surface area (Å²) in [6.07, 6.45) is 4.55. The molecular formula is C26H36F3N3OS2. The number of piperidine rings is 1. The SMILES string of the molecule is Cc1c(SN)cc(-c2ccc(SN3CCCCC3(C)C)c(OC(F)(F)F)c2)n1CC1CCCCC1. The largest absolute Gasteiger partial charge is 0.573 e. The monoisotopic (exact) mass is 527 g/mol. The highest BCUT2D eigenvalue weighted by Crippen LogP contribution is 2.43. The maximum atomic E-state index is 13.4. The molecule has 4 rings (SSSR count). The third kappa shape index (κ3) is 6.53. The molecule has 4 nitrogen and oxygen atoms in total. The second-order valence-corrected chi connectivity index (χ2v) is 12.1. The molecule has 0 atom stereocenters. The van der Waals surface area contributed by atoms with E-state index in [9.17, 15) is 13.2 Å². The highest BCUT2D eigenvalue weighted by Gasteiger charge is 2.35. The first kappa shape index (κ1) is 26.8. The number of halogens is 3. The summed E-state index contributed by atoms with van der Waals surface area (Å²) in [5.41, 5.74) is 2.58. The van der Waals surface area contributed by atoms with Gasteiger partial charge in [-0.3, -0.25) is 5.14 Å². The number of hydrogen-bond donors (Lipinski definition) is 1. The molecule has 1 aliphatic heterocycles. The van der Waals surface area contributed by atoms with Crippen molar-refractivity contribution in [2.45, 2.75) is 100 Å². The number of benzene rings is 1. The molecule has 1 aliphatic carbocycles. The minimum atomic E-state index is -4.76. The van der Waals surface area contributed by atoms with E-state index >= 15 is 0 Å². The van der Waals surface area contributed by atoms with Crippen LogP contribution in [0.3, 0.4) is 0 Å². The number of alkyl halides is 3. The van der Waals surface area contributed by atoms with Gasteiger partial charge in [-0.25, -0.2) is 4.31 Å². The number of ether oxygens (including phenoxy) is 1. The zero-order valence-electron chi connectivity index (χ0n) is 20.8. The predicted molar refractivity (Wildman–Crippen MR) is 138 cm³/mol. The van der Waals surface area contributed by atoms with Crippen LogP contribution < -0.4 is 9.88 Å². The van der Waals surface area contributed by atoms with Gasteiger partial charge in [-0.05, 0) is 94.5 Å². The van der Waals surface area contributed by atoms with Crippen molar-refractivity contribution in [3.05, 3.63) is 30.0 Å². The van der Waals surface area contributed by atoms with Crippen LogP contribution in [-0.4, -0.2) is 27.3 Å². The van der Waals surface area contributed by atoms with Crippen molar-refractivity contribution in [2.75, 3.05) is 6.54 Å². The molecule has 194 valence electrons. The highest BCUT2D eigenvalue weighted by atomic mass is 32.2. The van der Waals surface area contributed by atoms with Crippen molar-refractivity contribution in [2.24, 2.45) is 11.1 Å². The van der Waals surface area contributed by atoms with E-state index in [4.69, 9.17) is 5.14 Å². The molecule has 0 amide bonds. The molecule has 2 aromatic rings. The van der Waals surface area contributed by atoms with Crippen LogP contribution in [0, 0.1) is 12.8 Å². The molecule has 2 heterocycles. The highest BCUT2D eigenvalue weighted by molar-refractivity contribution is 7.97. The minimum Gasteiger partial charge on any atom is -0.405 e. The van der Waals surface area contributed by atoms with Crippen LogP contribution in [0.1, 0.15) is 70.9 Å². The van der Waals surface area contributed by atoms with Crippen LogP contribution in [0.2, 0.25) is 0 Å². The lowest BCUT2D eigenvalue weighted by Gasteiger charge is -2.41. The lowest BCUT2D eigenvalue weighted by Crippen LogP contribution is -2.42. The zero-order chi connectivity index (χ0) is 25.2. The second-order valence-electron chi connectivity index (χ2n) is 10.4. The fraction of sp³-hybridized carbons (Fsp3) is 0.615. The van der Waals surface area contributed by atoms with E-state index < -0.39 is 6.36 Å². The Morgan fingerprint density at radius 3 is 2.46 bits per heavy atom. The Kier molecular flexibility index (Phi) is 8.40. The summed E-state index contributed by atoms with van der Waals surface area (Å²) in [5, 5.41) is 5.93. The van der Waals surface area contributed by atoms with Crippen molar-refractivity contribution < 1.29 is 17.9 Å². The first-order valence-electron chi connectivity index (χ1n) is 12.5. The first-order chi connectivity index (χ1) is 16.6. The number of hydrogen-bond acceptors (Lipinski definition) is 5. The Morgan fingerprint density at radius 1 is 1.06 bits per heavy atom. The molecule has 2 N–H and O–H groups in total. The molecule has 2 fully saturated rings. The van der Waals surface area contributed by atoms with E-state index in [1.54, 1.807) is 12.1 Å². The van der Waals surface area contributed by atoms with E-state index in [-0.39, 0.29) is 11.3 Å². The zero-order valence-corrected chi connectivity index (χ0v) is 22.4. The van der Waals surface area contributed by atoms with Gasteiger partial charge in [0.25, 0.3) is 0 Å². The molecule has 0 radical (unpaired) electrons. The van der Waals surface area contributed by atoms with Crippen LogP contribution in [0.15, 0.2) is 34.1 Å². The Bertz CT molecular complexity index is 1020. The lowest BCUT2D eigenvalue weighted by atomic mass is 9.89. The van der Waals surface area contributed by atoms with E-state index in [1.165, 1.54) is 56.0 Å². The van der Waals surface area contributed by atoms with Crippen LogP contribution in [0.4, 0.5) is 13.2 Å². The van der Waals surface area contributed by atoms with Gasteiger partial charge in [0.15, 0.2) is 0 Å². The molecule has 0 unspecified atom stereocenters. The van der Waals surface area contributed by atoms with Gasteiger partial charge in [0.1, 0.15) is 5.75 Å². The van der Waals surface area contributed by atoms with Crippen molar-refractivity contribution in [1.29, 1.82) is 0 Å². The summed E-state index contributed by atoms with van der Waals surface area (Å²) < 4.78 is 49.3.